The lowest BCUT2D eigenvalue weighted by molar-refractivity contribution is -0.141. The van der Waals surface area contributed by atoms with Gasteiger partial charge in [-0.05, 0) is 32.6 Å². The van der Waals surface area contributed by atoms with Crippen molar-refractivity contribution < 1.29 is 14.3 Å². The van der Waals surface area contributed by atoms with Crippen LogP contribution in [0.5, 0.6) is 0 Å². The molecule has 0 radical (unpaired) electrons. The molecular weight excluding hydrogens is 204 g/mol. The number of hydrogen-bond acceptors (Lipinski definition) is 3. The zero-order valence-corrected chi connectivity index (χ0v) is 10.3. The molecule has 0 spiro atoms. The molecule has 16 heavy (non-hydrogen) atoms. The number of carbonyl (C=O) groups is 2. The smallest absolute Gasteiger partial charge is 0.306 e. The second kappa shape index (κ2) is 6.66. The molecule has 3 heteroatoms. The van der Waals surface area contributed by atoms with Crippen LogP contribution in [0.15, 0.2) is 0 Å². The molecule has 92 valence electrons. The molecule has 2 atom stereocenters. The van der Waals surface area contributed by atoms with Gasteiger partial charge >= 0.3 is 5.97 Å². The molecule has 0 aromatic heterocycles. The lowest BCUT2D eigenvalue weighted by atomic mass is 9.98. The Morgan fingerprint density at radius 2 is 2.19 bits per heavy atom. The van der Waals surface area contributed by atoms with Gasteiger partial charge in [-0.2, -0.15) is 0 Å². The number of ether oxygens (including phenoxy) is 1. The van der Waals surface area contributed by atoms with Gasteiger partial charge in [-0.25, -0.2) is 0 Å². The number of Topliss-reactive ketones (excluding diaryl/α,β-unsaturated/α-hetero) is 1. The normalized spacial score (nSPS) is 21.9. The van der Waals surface area contributed by atoms with Crippen molar-refractivity contribution >= 4 is 11.8 Å². The number of rotatable bonds is 7. The molecule has 0 N–H and O–H groups in total. The fraction of sp³-hybridized carbons (Fsp3) is 0.846. The van der Waals surface area contributed by atoms with E-state index < -0.39 is 0 Å². The van der Waals surface area contributed by atoms with E-state index in [0.717, 1.165) is 38.5 Å². The number of esters is 1. The van der Waals surface area contributed by atoms with E-state index in [9.17, 15) is 9.59 Å². The van der Waals surface area contributed by atoms with Crippen molar-refractivity contribution in [3.05, 3.63) is 0 Å². The number of ketones is 1. The van der Waals surface area contributed by atoms with Crippen LogP contribution < -0.4 is 0 Å². The lowest BCUT2D eigenvalue weighted by Gasteiger charge is -2.09. The van der Waals surface area contributed by atoms with Crippen LogP contribution in [0.1, 0.15) is 58.8 Å². The highest BCUT2D eigenvalue weighted by molar-refractivity contribution is 5.77. The number of cyclic esters (lactones) is 1. The fourth-order valence-corrected chi connectivity index (χ4v) is 1.99. The van der Waals surface area contributed by atoms with Gasteiger partial charge in [-0.1, -0.05) is 19.8 Å². The first kappa shape index (κ1) is 13.2. The molecule has 1 aliphatic heterocycles. The summed E-state index contributed by atoms with van der Waals surface area (Å²) in [5, 5.41) is 0. The third kappa shape index (κ3) is 4.77. The summed E-state index contributed by atoms with van der Waals surface area (Å²) in [5.41, 5.74) is 0. The van der Waals surface area contributed by atoms with Crippen LogP contribution in [-0.4, -0.2) is 17.9 Å². The van der Waals surface area contributed by atoms with Gasteiger partial charge in [0.25, 0.3) is 0 Å². The van der Waals surface area contributed by atoms with Gasteiger partial charge in [0, 0.05) is 12.3 Å². The van der Waals surface area contributed by atoms with E-state index in [2.05, 4.69) is 0 Å². The molecule has 0 saturated carbocycles. The zero-order valence-electron chi connectivity index (χ0n) is 10.3. The highest BCUT2D eigenvalue weighted by Gasteiger charge is 2.22. The minimum Gasteiger partial charge on any atom is -0.462 e. The summed E-state index contributed by atoms with van der Waals surface area (Å²) < 4.78 is 5.13. The molecular formula is C13H22O3. The van der Waals surface area contributed by atoms with Gasteiger partial charge in [-0.15, -0.1) is 0 Å². The third-order valence-corrected chi connectivity index (χ3v) is 3.33. The largest absolute Gasteiger partial charge is 0.462 e. The second-order valence-electron chi connectivity index (χ2n) is 4.80. The number of carbonyl (C=O) groups excluding carboxylic acids is 2. The van der Waals surface area contributed by atoms with Crippen LogP contribution in [0, 0.1) is 5.92 Å². The molecule has 0 amide bonds. The standard InChI is InChI=1S/C13H22O3/c1-10(11(2)14)6-4-3-5-7-12-8-9-13(15)16-12/h10,12H,3-9H2,1-2H3. The summed E-state index contributed by atoms with van der Waals surface area (Å²) in [5.74, 6) is 0.434. The van der Waals surface area contributed by atoms with Crippen molar-refractivity contribution in [1.29, 1.82) is 0 Å². The van der Waals surface area contributed by atoms with E-state index in [1.807, 2.05) is 6.92 Å². The van der Waals surface area contributed by atoms with Crippen molar-refractivity contribution in [3.63, 3.8) is 0 Å². The van der Waals surface area contributed by atoms with Crippen molar-refractivity contribution in [2.45, 2.75) is 64.9 Å². The van der Waals surface area contributed by atoms with Crippen molar-refractivity contribution in [1.82, 2.24) is 0 Å². The average molecular weight is 226 g/mol. The van der Waals surface area contributed by atoms with Crippen LogP contribution in [0.3, 0.4) is 0 Å². The first-order valence-corrected chi connectivity index (χ1v) is 6.29. The molecule has 1 heterocycles. The van der Waals surface area contributed by atoms with Crippen LogP contribution >= 0.6 is 0 Å². The van der Waals surface area contributed by atoms with Gasteiger partial charge in [-0.3, -0.25) is 9.59 Å². The predicted octanol–water partition coefficient (Wildman–Crippen LogP) is 2.87. The molecule has 1 fully saturated rings. The molecule has 1 aliphatic rings. The van der Waals surface area contributed by atoms with Crippen LogP contribution in [0.2, 0.25) is 0 Å². The molecule has 0 aromatic rings. The summed E-state index contributed by atoms with van der Waals surface area (Å²) in [6.07, 6.45) is 6.95. The molecule has 0 bridgehead atoms. The van der Waals surface area contributed by atoms with E-state index in [4.69, 9.17) is 4.74 Å². The predicted molar refractivity (Wildman–Crippen MR) is 62.0 cm³/mol. The van der Waals surface area contributed by atoms with Gasteiger partial charge in [0.15, 0.2) is 0 Å². The van der Waals surface area contributed by atoms with Crippen LogP contribution in [0.4, 0.5) is 0 Å². The Labute approximate surface area is 97.5 Å². The van der Waals surface area contributed by atoms with Gasteiger partial charge in [0.1, 0.15) is 11.9 Å². The Morgan fingerprint density at radius 1 is 1.44 bits per heavy atom. The van der Waals surface area contributed by atoms with Crippen LogP contribution in [-0.2, 0) is 14.3 Å². The number of unbranched alkanes of at least 4 members (excludes halogenated alkanes) is 2. The third-order valence-electron chi connectivity index (χ3n) is 3.33. The Kier molecular flexibility index (Phi) is 5.50. The Hall–Kier alpha value is -0.860. The maximum atomic E-state index is 11.0. The van der Waals surface area contributed by atoms with Gasteiger partial charge < -0.3 is 4.74 Å². The van der Waals surface area contributed by atoms with E-state index in [1.165, 1.54) is 0 Å². The minimum absolute atomic E-state index is 0.0461. The summed E-state index contributed by atoms with van der Waals surface area (Å²) in [7, 11) is 0. The van der Waals surface area contributed by atoms with Gasteiger partial charge in [0.2, 0.25) is 0 Å². The molecule has 0 aliphatic carbocycles. The van der Waals surface area contributed by atoms with Crippen LogP contribution in [0.25, 0.3) is 0 Å². The SMILES string of the molecule is CC(=O)C(C)CCCCCC1CCC(=O)O1. The van der Waals surface area contributed by atoms with E-state index in [1.54, 1.807) is 6.92 Å². The molecule has 1 saturated heterocycles. The molecule has 3 nitrogen and oxygen atoms in total. The summed E-state index contributed by atoms with van der Waals surface area (Å²) in [6.45, 7) is 3.64. The molecule has 0 aromatic carbocycles. The highest BCUT2D eigenvalue weighted by atomic mass is 16.5. The highest BCUT2D eigenvalue weighted by Crippen LogP contribution is 2.20. The monoisotopic (exact) mass is 226 g/mol. The van der Waals surface area contributed by atoms with E-state index >= 15 is 0 Å². The zero-order chi connectivity index (χ0) is 12.0. The summed E-state index contributed by atoms with van der Waals surface area (Å²) in [6, 6.07) is 0. The van der Waals surface area contributed by atoms with Crippen molar-refractivity contribution in [2.75, 3.05) is 0 Å². The fourth-order valence-electron chi connectivity index (χ4n) is 1.99. The molecule has 2 unspecified atom stereocenters. The van der Waals surface area contributed by atoms with Crippen molar-refractivity contribution in [2.24, 2.45) is 5.92 Å². The topological polar surface area (TPSA) is 43.4 Å². The first-order chi connectivity index (χ1) is 7.59. The maximum absolute atomic E-state index is 11.0. The van der Waals surface area contributed by atoms with E-state index in [0.29, 0.717) is 6.42 Å². The molecule has 1 rings (SSSR count). The summed E-state index contributed by atoms with van der Waals surface area (Å²) >= 11 is 0. The van der Waals surface area contributed by atoms with Crippen molar-refractivity contribution in [3.8, 4) is 0 Å². The quantitative estimate of drug-likeness (QED) is 0.495. The maximum Gasteiger partial charge on any atom is 0.306 e. The summed E-state index contributed by atoms with van der Waals surface area (Å²) in [4.78, 5) is 21.8. The Morgan fingerprint density at radius 3 is 2.75 bits per heavy atom. The van der Waals surface area contributed by atoms with E-state index in [-0.39, 0.29) is 23.8 Å². The minimum atomic E-state index is -0.0461. The first-order valence-electron chi connectivity index (χ1n) is 6.29. The number of hydrogen-bond donors (Lipinski definition) is 0. The Balaban J connectivity index is 1.96. The Bertz CT molecular complexity index is 248. The second-order valence-corrected chi connectivity index (χ2v) is 4.80. The average Bonchev–Trinajstić information content (AvgIpc) is 2.63. The lowest BCUT2D eigenvalue weighted by Crippen LogP contribution is -2.07. The van der Waals surface area contributed by atoms with Gasteiger partial charge in [0.05, 0.1) is 0 Å².